The van der Waals surface area contributed by atoms with Gasteiger partial charge in [-0.15, -0.1) is 0 Å². The molecular weight excluding hydrogens is 226 g/mol. The number of fused-ring (bicyclic) bond motifs is 1. The highest BCUT2D eigenvalue weighted by atomic mass is 16.1. The molecule has 0 unspecified atom stereocenters. The number of hydrogen-bond donors (Lipinski definition) is 2. The zero-order chi connectivity index (χ0) is 12.5. The second-order valence-corrected chi connectivity index (χ2v) is 4.57. The third kappa shape index (κ3) is 2.01. The van der Waals surface area contributed by atoms with Crippen molar-refractivity contribution in [2.45, 2.75) is 18.9 Å². The van der Waals surface area contributed by atoms with Crippen molar-refractivity contribution in [3.63, 3.8) is 0 Å². The van der Waals surface area contributed by atoms with Crippen LogP contribution in [-0.4, -0.2) is 24.0 Å². The van der Waals surface area contributed by atoms with Crippen LogP contribution in [0.1, 0.15) is 23.2 Å². The summed E-state index contributed by atoms with van der Waals surface area (Å²) in [5.74, 6) is 0.710. The second kappa shape index (κ2) is 4.29. The Labute approximate surface area is 105 Å². The number of benzene rings is 1. The predicted octanol–water partition coefficient (Wildman–Crippen LogP) is 2.17. The fourth-order valence-electron chi connectivity index (χ4n) is 1.98. The summed E-state index contributed by atoms with van der Waals surface area (Å²) in [6.07, 6.45) is 2.18. The lowest BCUT2D eigenvalue weighted by atomic mass is 10.1. The minimum absolute atomic E-state index is 0.00685. The van der Waals surface area contributed by atoms with Crippen LogP contribution in [0.15, 0.2) is 30.3 Å². The maximum atomic E-state index is 12.2. The summed E-state index contributed by atoms with van der Waals surface area (Å²) in [6, 6.07) is 9.88. The molecule has 0 atom stereocenters. The van der Waals surface area contributed by atoms with Crippen molar-refractivity contribution in [3.8, 4) is 0 Å². The molecule has 1 aliphatic carbocycles. The molecule has 0 saturated heterocycles. The number of amides is 1. The van der Waals surface area contributed by atoms with Gasteiger partial charge in [-0.05, 0) is 25.0 Å². The summed E-state index contributed by atoms with van der Waals surface area (Å²) < 4.78 is 0. The second-order valence-electron chi connectivity index (χ2n) is 4.57. The third-order valence-corrected chi connectivity index (χ3v) is 3.13. The number of para-hydroxylation sites is 1. The van der Waals surface area contributed by atoms with Gasteiger partial charge in [0.1, 0.15) is 5.82 Å². The van der Waals surface area contributed by atoms with Gasteiger partial charge in [0, 0.05) is 18.5 Å². The first-order valence-electron chi connectivity index (χ1n) is 6.16. The van der Waals surface area contributed by atoms with E-state index in [1.165, 1.54) is 0 Å². The van der Waals surface area contributed by atoms with Crippen LogP contribution in [0, 0.1) is 0 Å². The molecule has 1 heterocycles. The van der Waals surface area contributed by atoms with Crippen molar-refractivity contribution < 1.29 is 4.79 Å². The molecule has 92 valence electrons. The quantitative estimate of drug-likeness (QED) is 0.866. The van der Waals surface area contributed by atoms with Gasteiger partial charge in [0.15, 0.2) is 0 Å². The first-order valence-corrected chi connectivity index (χ1v) is 6.16. The van der Waals surface area contributed by atoms with Gasteiger partial charge in [-0.1, -0.05) is 18.2 Å². The summed E-state index contributed by atoms with van der Waals surface area (Å²) in [5, 5.41) is 6.91. The summed E-state index contributed by atoms with van der Waals surface area (Å²) in [6.45, 7) is 0. The van der Waals surface area contributed by atoms with Crippen molar-refractivity contribution in [2.24, 2.45) is 0 Å². The van der Waals surface area contributed by atoms with E-state index in [0.717, 1.165) is 29.6 Å². The van der Waals surface area contributed by atoms with Gasteiger partial charge in [0.25, 0.3) is 5.91 Å². The Morgan fingerprint density at radius 3 is 2.83 bits per heavy atom. The number of rotatable bonds is 3. The normalized spacial score (nSPS) is 14.5. The molecule has 0 spiro atoms. The predicted molar refractivity (Wildman–Crippen MR) is 71.8 cm³/mol. The van der Waals surface area contributed by atoms with Gasteiger partial charge in [0.05, 0.1) is 11.1 Å². The molecule has 1 aromatic heterocycles. The highest BCUT2D eigenvalue weighted by Crippen LogP contribution is 2.23. The molecule has 0 radical (unpaired) electrons. The highest BCUT2D eigenvalue weighted by molar-refractivity contribution is 6.07. The molecule has 1 aromatic carbocycles. The first-order chi connectivity index (χ1) is 8.78. The van der Waals surface area contributed by atoms with Gasteiger partial charge in [-0.25, -0.2) is 4.98 Å². The van der Waals surface area contributed by atoms with Crippen molar-refractivity contribution in [1.82, 2.24) is 10.3 Å². The standard InChI is InChI=1S/C14H15N3O/c1-15-13-8-11(14(18)16-9-6-7-9)10-4-2-3-5-12(10)17-13/h2-5,8-9H,6-7H2,1H3,(H,15,17)(H,16,18). The average molecular weight is 241 g/mol. The summed E-state index contributed by atoms with van der Waals surface area (Å²) in [7, 11) is 1.81. The highest BCUT2D eigenvalue weighted by Gasteiger charge is 2.24. The molecule has 1 saturated carbocycles. The number of anilines is 1. The zero-order valence-corrected chi connectivity index (χ0v) is 10.2. The molecule has 4 nitrogen and oxygen atoms in total. The van der Waals surface area contributed by atoms with E-state index in [-0.39, 0.29) is 5.91 Å². The minimum atomic E-state index is -0.00685. The van der Waals surface area contributed by atoms with Crippen molar-refractivity contribution >= 4 is 22.6 Å². The molecule has 0 bridgehead atoms. The van der Waals surface area contributed by atoms with E-state index in [4.69, 9.17) is 0 Å². The molecule has 4 heteroatoms. The van der Waals surface area contributed by atoms with E-state index >= 15 is 0 Å². The topological polar surface area (TPSA) is 54.0 Å². The lowest BCUT2D eigenvalue weighted by molar-refractivity contribution is 0.0952. The molecule has 1 fully saturated rings. The molecule has 18 heavy (non-hydrogen) atoms. The average Bonchev–Trinajstić information content (AvgIpc) is 3.21. The van der Waals surface area contributed by atoms with Crippen molar-refractivity contribution in [1.29, 1.82) is 0 Å². The number of carbonyl (C=O) groups excluding carboxylic acids is 1. The monoisotopic (exact) mass is 241 g/mol. The number of nitrogens with zero attached hydrogens (tertiary/aromatic N) is 1. The molecule has 3 rings (SSSR count). The number of pyridine rings is 1. The summed E-state index contributed by atoms with van der Waals surface area (Å²) in [4.78, 5) is 16.7. The van der Waals surface area contributed by atoms with Gasteiger partial charge >= 0.3 is 0 Å². The largest absolute Gasteiger partial charge is 0.373 e. The van der Waals surface area contributed by atoms with Crippen LogP contribution in [0.25, 0.3) is 10.9 Å². The van der Waals surface area contributed by atoms with Crippen LogP contribution in [0.5, 0.6) is 0 Å². The number of hydrogen-bond acceptors (Lipinski definition) is 3. The maximum absolute atomic E-state index is 12.2. The first kappa shape index (κ1) is 11.0. The Hall–Kier alpha value is -2.10. The van der Waals surface area contributed by atoms with Gasteiger partial charge < -0.3 is 10.6 Å². The smallest absolute Gasteiger partial charge is 0.252 e. The summed E-state index contributed by atoms with van der Waals surface area (Å²) in [5.41, 5.74) is 1.53. The van der Waals surface area contributed by atoms with Gasteiger partial charge in [0.2, 0.25) is 0 Å². The van der Waals surface area contributed by atoms with E-state index in [1.54, 1.807) is 13.1 Å². The van der Waals surface area contributed by atoms with Crippen molar-refractivity contribution in [2.75, 3.05) is 12.4 Å². The molecule has 0 aliphatic heterocycles. The molecule has 1 amide bonds. The van der Waals surface area contributed by atoms with Crippen LogP contribution in [0.2, 0.25) is 0 Å². The fraction of sp³-hybridized carbons (Fsp3) is 0.286. The number of nitrogens with one attached hydrogen (secondary N) is 2. The molecule has 2 aromatic rings. The van der Waals surface area contributed by atoms with E-state index in [0.29, 0.717) is 11.6 Å². The number of aromatic nitrogens is 1. The van der Waals surface area contributed by atoms with E-state index in [2.05, 4.69) is 15.6 Å². The van der Waals surface area contributed by atoms with Crippen LogP contribution >= 0.6 is 0 Å². The molecule has 1 aliphatic rings. The minimum Gasteiger partial charge on any atom is -0.373 e. The summed E-state index contributed by atoms with van der Waals surface area (Å²) >= 11 is 0. The van der Waals surface area contributed by atoms with E-state index in [1.807, 2.05) is 24.3 Å². The Balaban J connectivity index is 2.09. The van der Waals surface area contributed by atoms with Gasteiger partial charge in [-0.2, -0.15) is 0 Å². The number of carbonyl (C=O) groups is 1. The van der Waals surface area contributed by atoms with Crippen LogP contribution in [0.4, 0.5) is 5.82 Å². The van der Waals surface area contributed by atoms with Crippen LogP contribution in [-0.2, 0) is 0 Å². The lowest BCUT2D eigenvalue weighted by Crippen LogP contribution is -2.25. The maximum Gasteiger partial charge on any atom is 0.252 e. The fourth-order valence-corrected chi connectivity index (χ4v) is 1.98. The van der Waals surface area contributed by atoms with Crippen LogP contribution in [0.3, 0.4) is 0 Å². The SMILES string of the molecule is CNc1cc(C(=O)NC2CC2)c2ccccc2n1. The van der Waals surface area contributed by atoms with E-state index < -0.39 is 0 Å². The Morgan fingerprint density at radius 2 is 2.11 bits per heavy atom. The zero-order valence-electron chi connectivity index (χ0n) is 10.2. The third-order valence-electron chi connectivity index (χ3n) is 3.13. The molecule has 2 N–H and O–H groups in total. The Bertz CT molecular complexity index is 605. The van der Waals surface area contributed by atoms with E-state index in [9.17, 15) is 4.79 Å². The van der Waals surface area contributed by atoms with Crippen molar-refractivity contribution in [3.05, 3.63) is 35.9 Å². The Kier molecular flexibility index (Phi) is 2.63. The Morgan fingerprint density at radius 1 is 1.33 bits per heavy atom. The lowest BCUT2D eigenvalue weighted by Gasteiger charge is -2.09. The van der Waals surface area contributed by atoms with Gasteiger partial charge in [-0.3, -0.25) is 4.79 Å². The molecular formula is C14H15N3O. The van der Waals surface area contributed by atoms with Crippen LogP contribution < -0.4 is 10.6 Å².